The first-order valence-corrected chi connectivity index (χ1v) is 7.15. The number of carbonyl (C=O) groups is 1. The second kappa shape index (κ2) is 6.05. The van der Waals surface area contributed by atoms with Crippen LogP contribution in [0.25, 0.3) is 10.6 Å². The summed E-state index contributed by atoms with van der Waals surface area (Å²) in [5, 5.41) is 0.827. The Hall–Kier alpha value is -1.88. The summed E-state index contributed by atoms with van der Waals surface area (Å²) in [7, 11) is 3.20. The number of aromatic nitrogens is 1. The van der Waals surface area contributed by atoms with Crippen molar-refractivity contribution in [3.05, 3.63) is 28.8 Å². The molecule has 0 aliphatic carbocycles. The molecule has 0 radical (unpaired) electrons. The Bertz CT molecular complexity index is 634. The molecule has 0 saturated heterocycles. The maximum atomic E-state index is 11.6. The summed E-state index contributed by atoms with van der Waals surface area (Å²) in [6.07, 6.45) is 0.749. The predicted octanol–water partition coefficient (Wildman–Crippen LogP) is 3.59. The zero-order valence-electron chi connectivity index (χ0n) is 12.0. The van der Waals surface area contributed by atoms with E-state index in [9.17, 15) is 4.79 Å². The molecule has 1 heterocycles. The van der Waals surface area contributed by atoms with Gasteiger partial charge in [-0.2, -0.15) is 0 Å². The number of methoxy groups -OCH3 is 2. The van der Waals surface area contributed by atoms with Crippen LogP contribution in [0.5, 0.6) is 11.5 Å². The van der Waals surface area contributed by atoms with Crippen LogP contribution < -0.4 is 9.47 Å². The van der Waals surface area contributed by atoms with Gasteiger partial charge in [0.05, 0.1) is 24.8 Å². The lowest BCUT2D eigenvalue weighted by atomic mass is 10.2. The lowest BCUT2D eigenvalue weighted by Gasteiger charge is -2.08. The van der Waals surface area contributed by atoms with Gasteiger partial charge in [0.1, 0.15) is 5.01 Å². The molecule has 0 amide bonds. The number of nitrogens with zero attached hydrogens (tertiary/aromatic N) is 1. The molecule has 1 aromatic carbocycles. The van der Waals surface area contributed by atoms with Gasteiger partial charge in [-0.25, -0.2) is 4.98 Å². The van der Waals surface area contributed by atoms with Crippen molar-refractivity contribution in [3.63, 3.8) is 0 Å². The minimum absolute atomic E-state index is 0.0612. The van der Waals surface area contributed by atoms with Crippen LogP contribution in [0.1, 0.15) is 29.2 Å². The zero-order chi connectivity index (χ0) is 14.7. The van der Waals surface area contributed by atoms with E-state index in [4.69, 9.17) is 9.47 Å². The number of aryl methyl sites for hydroxylation is 1. The summed E-state index contributed by atoms with van der Waals surface area (Å²) >= 11 is 1.42. The van der Waals surface area contributed by atoms with Crippen molar-refractivity contribution in [2.45, 2.75) is 20.3 Å². The standard InChI is InChI=1S/C15H17NO3S/c1-5-11-14(9(2)17)20-15(16-11)10-6-7-12(18-3)13(8-10)19-4/h6-8H,5H2,1-4H3. The van der Waals surface area contributed by atoms with E-state index in [0.717, 1.165) is 27.6 Å². The molecule has 0 atom stereocenters. The minimum atomic E-state index is 0.0612. The van der Waals surface area contributed by atoms with Gasteiger partial charge < -0.3 is 9.47 Å². The first kappa shape index (κ1) is 14.5. The molecule has 106 valence electrons. The molecule has 0 aliphatic rings. The monoisotopic (exact) mass is 291 g/mol. The second-order valence-corrected chi connectivity index (χ2v) is 5.27. The number of benzene rings is 1. The first-order chi connectivity index (χ1) is 9.60. The third-order valence-corrected chi connectivity index (χ3v) is 4.23. The molecule has 20 heavy (non-hydrogen) atoms. The molecule has 2 rings (SSSR count). The molecule has 2 aromatic rings. The van der Waals surface area contributed by atoms with Gasteiger partial charge >= 0.3 is 0 Å². The van der Waals surface area contributed by atoms with E-state index in [-0.39, 0.29) is 5.78 Å². The van der Waals surface area contributed by atoms with Gasteiger partial charge in [0.25, 0.3) is 0 Å². The normalized spacial score (nSPS) is 10.4. The van der Waals surface area contributed by atoms with Gasteiger partial charge in [-0.3, -0.25) is 4.79 Å². The summed E-state index contributed by atoms with van der Waals surface area (Å²) in [6.45, 7) is 3.57. The zero-order valence-corrected chi connectivity index (χ0v) is 12.8. The number of hydrogen-bond donors (Lipinski definition) is 0. The average molecular weight is 291 g/mol. The number of rotatable bonds is 5. The lowest BCUT2D eigenvalue weighted by molar-refractivity contribution is 0.102. The Morgan fingerprint density at radius 1 is 1.25 bits per heavy atom. The molecule has 1 aromatic heterocycles. The van der Waals surface area contributed by atoms with Gasteiger partial charge in [0.2, 0.25) is 0 Å². The number of ether oxygens (including phenoxy) is 2. The van der Waals surface area contributed by atoms with Crippen molar-refractivity contribution in [2.24, 2.45) is 0 Å². The molecule has 0 bridgehead atoms. The van der Waals surface area contributed by atoms with Gasteiger partial charge in [0, 0.05) is 12.5 Å². The minimum Gasteiger partial charge on any atom is -0.493 e. The van der Waals surface area contributed by atoms with E-state index in [0.29, 0.717) is 11.5 Å². The van der Waals surface area contributed by atoms with Crippen LogP contribution in [-0.4, -0.2) is 25.0 Å². The molecular formula is C15H17NO3S. The van der Waals surface area contributed by atoms with Crippen LogP contribution in [0.2, 0.25) is 0 Å². The van der Waals surface area contributed by atoms with E-state index >= 15 is 0 Å². The molecule has 0 fully saturated rings. The topological polar surface area (TPSA) is 48.4 Å². The summed E-state index contributed by atoms with van der Waals surface area (Å²) < 4.78 is 10.5. The van der Waals surface area contributed by atoms with Crippen LogP contribution in [0, 0.1) is 0 Å². The molecule has 0 aliphatic heterocycles. The Morgan fingerprint density at radius 2 is 1.95 bits per heavy atom. The van der Waals surface area contributed by atoms with Crippen molar-refractivity contribution in [2.75, 3.05) is 14.2 Å². The van der Waals surface area contributed by atoms with Crippen molar-refractivity contribution in [1.82, 2.24) is 4.98 Å². The third-order valence-electron chi connectivity index (χ3n) is 2.98. The largest absolute Gasteiger partial charge is 0.493 e. The third kappa shape index (κ3) is 2.67. The van der Waals surface area contributed by atoms with Crippen molar-refractivity contribution >= 4 is 17.1 Å². The fraction of sp³-hybridized carbons (Fsp3) is 0.333. The number of carbonyl (C=O) groups excluding carboxylic acids is 1. The van der Waals surface area contributed by atoms with Gasteiger partial charge in [0.15, 0.2) is 17.3 Å². The van der Waals surface area contributed by atoms with E-state index < -0.39 is 0 Å². The fourth-order valence-corrected chi connectivity index (χ4v) is 3.00. The molecule has 0 spiro atoms. The van der Waals surface area contributed by atoms with E-state index in [2.05, 4.69) is 4.98 Å². The van der Waals surface area contributed by atoms with Crippen LogP contribution in [-0.2, 0) is 6.42 Å². The Morgan fingerprint density at radius 3 is 2.45 bits per heavy atom. The van der Waals surface area contributed by atoms with E-state index in [1.807, 2.05) is 25.1 Å². The van der Waals surface area contributed by atoms with Gasteiger partial charge in [-0.05, 0) is 24.6 Å². The molecular weight excluding hydrogens is 274 g/mol. The predicted molar refractivity (Wildman–Crippen MR) is 80.0 cm³/mol. The highest BCUT2D eigenvalue weighted by atomic mass is 32.1. The molecule has 0 saturated carbocycles. The quantitative estimate of drug-likeness (QED) is 0.790. The fourth-order valence-electron chi connectivity index (χ4n) is 1.96. The highest BCUT2D eigenvalue weighted by Crippen LogP contribution is 2.35. The number of ketones is 1. The van der Waals surface area contributed by atoms with E-state index in [1.165, 1.54) is 11.3 Å². The summed E-state index contributed by atoms with van der Waals surface area (Å²) in [5.74, 6) is 1.39. The number of thiazole rings is 1. The van der Waals surface area contributed by atoms with E-state index in [1.54, 1.807) is 21.1 Å². The summed E-state index contributed by atoms with van der Waals surface area (Å²) in [5.41, 5.74) is 1.78. The van der Waals surface area contributed by atoms with Crippen LogP contribution in [0.4, 0.5) is 0 Å². The SMILES string of the molecule is CCc1nc(-c2ccc(OC)c(OC)c2)sc1C(C)=O. The highest BCUT2D eigenvalue weighted by Gasteiger charge is 2.16. The summed E-state index contributed by atoms with van der Waals surface area (Å²) in [4.78, 5) is 16.9. The van der Waals surface area contributed by atoms with Gasteiger partial charge in [-0.15, -0.1) is 11.3 Å². The van der Waals surface area contributed by atoms with Crippen molar-refractivity contribution in [3.8, 4) is 22.1 Å². The Kier molecular flexibility index (Phi) is 4.39. The summed E-state index contributed by atoms with van der Waals surface area (Å²) in [6, 6.07) is 5.64. The smallest absolute Gasteiger partial charge is 0.171 e. The highest BCUT2D eigenvalue weighted by molar-refractivity contribution is 7.17. The van der Waals surface area contributed by atoms with Crippen LogP contribution in [0.3, 0.4) is 0 Å². The maximum absolute atomic E-state index is 11.6. The lowest BCUT2D eigenvalue weighted by Crippen LogP contribution is -1.93. The van der Waals surface area contributed by atoms with Crippen molar-refractivity contribution < 1.29 is 14.3 Å². The molecule has 0 N–H and O–H groups in total. The van der Waals surface area contributed by atoms with Crippen molar-refractivity contribution in [1.29, 1.82) is 0 Å². The average Bonchev–Trinajstić information content (AvgIpc) is 2.91. The van der Waals surface area contributed by atoms with Gasteiger partial charge in [-0.1, -0.05) is 6.92 Å². The Labute approximate surface area is 122 Å². The van der Waals surface area contributed by atoms with Crippen LogP contribution >= 0.6 is 11.3 Å². The van der Waals surface area contributed by atoms with Crippen LogP contribution in [0.15, 0.2) is 18.2 Å². The second-order valence-electron chi connectivity index (χ2n) is 4.27. The molecule has 4 nitrogen and oxygen atoms in total. The molecule has 0 unspecified atom stereocenters. The molecule has 5 heteroatoms. The maximum Gasteiger partial charge on any atom is 0.171 e. The first-order valence-electron chi connectivity index (χ1n) is 6.33. The number of Topliss-reactive ketones (excluding diaryl/α,β-unsaturated/α-hetero) is 1. The Balaban J connectivity index is 2.48. The number of hydrogen-bond acceptors (Lipinski definition) is 5.